The number of hydrogen-bond donors (Lipinski definition) is 2. The van der Waals surface area contributed by atoms with Crippen molar-refractivity contribution in [2.24, 2.45) is 0 Å². The summed E-state index contributed by atoms with van der Waals surface area (Å²) in [6, 6.07) is 10.4. The average molecular weight is 341 g/mol. The Morgan fingerprint density at radius 3 is 2.32 bits per heavy atom. The summed E-state index contributed by atoms with van der Waals surface area (Å²) in [5.41, 5.74) is 2.61. The van der Waals surface area contributed by atoms with E-state index in [2.05, 4.69) is 9.82 Å². The zero-order valence-electron chi connectivity index (χ0n) is 11.9. The molecular weight excluding hydrogens is 324 g/mol. The molecule has 0 atom stereocenters. The van der Waals surface area contributed by atoms with Gasteiger partial charge in [-0.3, -0.25) is 4.98 Å². The Bertz CT molecular complexity index is 701. The van der Waals surface area contributed by atoms with Gasteiger partial charge >= 0.3 is 0 Å². The molecule has 0 amide bonds. The molecule has 2 N–H and O–H groups in total. The molecule has 1 aromatic carbocycles. The largest absolute Gasteiger partial charge is 0.396 e. The van der Waals surface area contributed by atoms with Gasteiger partial charge in [-0.05, 0) is 42.0 Å². The van der Waals surface area contributed by atoms with Crippen LogP contribution in [-0.4, -0.2) is 30.9 Å². The summed E-state index contributed by atoms with van der Waals surface area (Å²) >= 11 is 5.43. The van der Waals surface area contributed by atoms with Crippen LogP contribution in [0.4, 0.5) is 0 Å². The third-order valence-corrected chi connectivity index (χ3v) is 5.14. The van der Waals surface area contributed by atoms with Crippen molar-refractivity contribution < 1.29 is 13.5 Å². The minimum Gasteiger partial charge on any atom is -0.396 e. The van der Waals surface area contributed by atoms with E-state index >= 15 is 0 Å². The number of aromatic nitrogens is 1. The van der Waals surface area contributed by atoms with E-state index in [4.69, 9.17) is 16.9 Å². The molecule has 0 radical (unpaired) electrons. The first-order valence-electron chi connectivity index (χ1n) is 6.79. The molecule has 22 heavy (non-hydrogen) atoms. The van der Waals surface area contributed by atoms with E-state index in [1.807, 2.05) is 12.1 Å². The van der Waals surface area contributed by atoms with Crippen LogP contribution in [0.3, 0.4) is 0 Å². The van der Waals surface area contributed by atoms with Crippen molar-refractivity contribution in [1.82, 2.24) is 9.82 Å². The van der Waals surface area contributed by atoms with E-state index in [1.54, 1.807) is 30.5 Å². The fourth-order valence-corrected chi connectivity index (χ4v) is 3.43. The van der Waals surface area contributed by atoms with Crippen LogP contribution in [-0.2, 0) is 16.4 Å². The second-order valence-electron chi connectivity index (χ2n) is 4.77. The van der Waals surface area contributed by atoms with Gasteiger partial charge in [0, 0.05) is 18.4 Å². The first kappa shape index (κ1) is 16.9. The van der Waals surface area contributed by atoms with E-state index in [0.717, 1.165) is 16.8 Å². The predicted octanol–water partition coefficient (Wildman–Crippen LogP) is 2.15. The Morgan fingerprint density at radius 2 is 1.77 bits per heavy atom. The molecule has 5 nitrogen and oxygen atoms in total. The molecule has 0 aliphatic rings. The molecule has 0 bridgehead atoms. The van der Waals surface area contributed by atoms with Crippen LogP contribution in [0.5, 0.6) is 0 Å². The molecule has 2 rings (SSSR count). The van der Waals surface area contributed by atoms with Gasteiger partial charge < -0.3 is 5.11 Å². The van der Waals surface area contributed by atoms with Crippen LogP contribution < -0.4 is 4.84 Å². The van der Waals surface area contributed by atoms with E-state index in [9.17, 15) is 8.42 Å². The number of aliphatic hydroxyl groups excluding tert-OH is 1. The van der Waals surface area contributed by atoms with Gasteiger partial charge in [-0.15, -0.1) is 0 Å². The van der Waals surface area contributed by atoms with Crippen LogP contribution in [0.15, 0.2) is 47.5 Å². The fourth-order valence-electron chi connectivity index (χ4n) is 2.00. The number of sulfone groups is 1. The molecule has 2 aromatic rings. The first-order chi connectivity index (χ1) is 10.6. The second-order valence-corrected chi connectivity index (χ2v) is 7.15. The van der Waals surface area contributed by atoms with Crippen LogP contribution in [0.2, 0.25) is 0 Å². The maximum Gasteiger partial charge on any atom is 0.178 e. The van der Waals surface area contributed by atoms with E-state index in [1.165, 1.54) is 0 Å². The lowest BCUT2D eigenvalue weighted by atomic mass is 10.1. The van der Waals surface area contributed by atoms with Gasteiger partial charge in [-0.1, -0.05) is 18.2 Å². The molecule has 1 heterocycles. The third-order valence-electron chi connectivity index (χ3n) is 3.19. The zero-order chi connectivity index (χ0) is 16.0. The molecule has 1 aromatic heterocycles. The molecule has 0 saturated carbocycles. The number of pyridine rings is 1. The number of benzene rings is 1. The summed E-state index contributed by atoms with van der Waals surface area (Å²) in [5, 5.41) is 8.75. The Kier molecular flexibility index (Phi) is 5.90. The average Bonchev–Trinajstić information content (AvgIpc) is 2.54. The molecule has 0 saturated heterocycles. The predicted molar refractivity (Wildman–Crippen MR) is 86.1 cm³/mol. The van der Waals surface area contributed by atoms with Crippen LogP contribution in [0.25, 0.3) is 11.1 Å². The first-order valence-corrected chi connectivity index (χ1v) is 8.82. The van der Waals surface area contributed by atoms with Gasteiger partial charge in [-0.2, -0.15) is 0 Å². The summed E-state index contributed by atoms with van der Waals surface area (Å²) < 4.78 is 24.0. The van der Waals surface area contributed by atoms with Crippen molar-refractivity contribution >= 4 is 21.6 Å². The van der Waals surface area contributed by atoms with Gasteiger partial charge in [0.15, 0.2) is 9.84 Å². The highest BCUT2D eigenvalue weighted by atomic mass is 35.5. The van der Waals surface area contributed by atoms with Gasteiger partial charge in [0.25, 0.3) is 0 Å². The topological polar surface area (TPSA) is 79.3 Å². The van der Waals surface area contributed by atoms with Crippen molar-refractivity contribution in [3.63, 3.8) is 0 Å². The van der Waals surface area contributed by atoms with Crippen LogP contribution >= 0.6 is 11.8 Å². The highest BCUT2D eigenvalue weighted by Gasteiger charge is 2.13. The summed E-state index contributed by atoms with van der Waals surface area (Å²) in [6.45, 7) is 0.344. The Hall–Kier alpha value is -1.47. The highest BCUT2D eigenvalue weighted by molar-refractivity contribution is 7.91. The van der Waals surface area contributed by atoms with Gasteiger partial charge in [0.05, 0.1) is 22.9 Å². The normalized spacial score (nSPS) is 11.5. The van der Waals surface area contributed by atoms with Gasteiger partial charge in [0.1, 0.15) is 0 Å². The van der Waals surface area contributed by atoms with E-state index in [0.29, 0.717) is 6.54 Å². The summed E-state index contributed by atoms with van der Waals surface area (Å²) in [6.07, 6.45) is 1.96. The minimum atomic E-state index is -3.33. The molecule has 0 fully saturated rings. The number of nitrogens with one attached hydrogen (secondary N) is 1. The van der Waals surface area contributed by atoms with Crippen molar-refractivity contribution in [3.8, 4) is 11.1 Å². The van der Waals surface area contributed by atoms with Crippen molar-refractivity contribution in [3.05, 3.63) is 48.3 Å². The molecule has 0 aliphatic carbocycles. The quantitative estimate of drug-likeness (QED) is 0.755. The van der Waals surface area contributed by atoms with E-state index < -0.39 is 9.84 Å². The Balaban J connectivity index is 2.18. The maximum atomic E-state index is 12.0. The highest BCUT2D eigenvalue weighted by Crippen LogP contribution is 2.21. The number of halogens is 1. The molecule has 0 unspecified atom stereocenters. The zero-order valence-corrected chi connectivity index (χ0v) is 13.4. The summed E-state index contributed by atoms with van der Waals surface area (Å²) in [5.74, 6) is -0.0511. The van der Waals surface area contributed by atoms with Crippen molar-refractivity contribution in [1.29, 1.82) is 0 Å². The number of aliphatic hydroxyl groups is 1. The lowest BCUT2D eigenvalue weighted by Crippen LogP contribution is -2.08. The molecular formula is C15H17ClN2O3S. The second kappa shape index (κ2) is 7.69. The standard InChI is InChI=1S/C15H17ClN2O3S/c16-18-11-14-5-2-13(10-17-14)12-3-6-15(7-4-12)22(20,21)9-1-8-19/h2-7,10,18-19H,1,8-9,11H2. The molecule has 0 spiro atoms. The Morgan fingerprint density at radius 1 is 1.09 bits per heavy atom. The van der Waals surface area contributed by atoms with Crippen LogP contribution in [0, 0.1) is 0 Å². The lowest BCUT2D eigenvalue weighted by molar-refractivity contribution is 0.295. The monoisotopic (exact) mass is 340 g/mol. The number of nitrogens with zero attached hydrogens (tertiary/aromatic N) is 1. The number of rotatable bonds is 7. The number of hydrogen-bond acceptors (Lipinski definition) is 5. The van der Waals surface area contributed by atoms with Gasteiger partial charge in [-0.25, -0.2) is 13.3 Å². The summed E-state index contributed by atoms with van der Waals surface area (Å²) in [7, 11) is -3.33. The Labute approximate surface area is 135 Å². The molecule has 0 aliphatic heterocycles. The van der Waals surface area contributed by atoms with Crippen LogP contribution in [0.1, 0.15) is 12.1 Å². The third kappa shape index (κ3) is 4.27. The van der Waals surface area contributed by atoms with Crippen molar-refractivity contribution in [2.75, 3.05) is 12.4 Å². The van der Waals surface area contributed by atoms with Crippen molar-refractivity contribution in [2.45, 2.75) is 17.9 Å². The molecule has 7 heteroatoms. The van der Waals surface area contributed by atoms with Gasteiger partial charge in [0.2, 0.25) is 0 Å². The minimum absolute atomic E-state index is 0.0511. The van der Waals surface area contributed by atoms with E-state index in [-0.39, 0.29) is 23.7 Å². The maximum absolute atomic E-state index is 12.0. The smallest absolute Gasteiger partial charge is 0.178 e. The molecule has 118 valence electrons. The summed E-state index contributed by atoms with van der Waals surface area (Å²) in [4.78, 5) is 7.04. The SMILES string of the molecule is O=S(=O)(CCCO)c1ccc(-c2ccc(CNCl)nc2)cc1. The fraction of sp³-hybridized carbons (Fsp3) is 0.267. The lowest BCUT2D eigenvalue weighted by Gasteiger charge is -2.06.